The minimum Gasteiger partial charge on any atom is -0.481 e. The Bertz CT molecular complexity index is 389. The molecule has 30 heavy (non-hydrogen) atoms. The summed E-state index contributed by atoms with van der Waals surface area (Å²) in [6.07, 6.45) is 20.2. The van der Waals surface area contributed by atoms with E-state index in [-0.39, 0.29) is 12.8 Å². The van der Waals surface area contributed by atoms with Crippen LogP contribution in [0.15, 0.2) is 0 Å². The van der Waals surface area contributed by atoms with Crippen LogP contribution < -0.4 is 0 Å². The van der Waals surface area contributed by atoms with E-state index in [1.54, 1.807) is 0 Å². The average molecular weight is 431 g/mol. The summed E-state index contributed by atoms with van der Waals surface area (Å²) in [6, 6.07) is 0. The van der Waals surface area contributed by atoms with Crippen molar-refractivity contribution in [2.24, 2.45) is 0 Å². The molecule has 0 spiro atoms. The second kappa shape index (κ2) is 25.4. The molecular formula is C24H46O6. The van der Waals surface area contributed by atoms with Gasteiger partial charge in [-0.1, -0.05) is 96.8 Å². The summed E-state index contributed by atoms with van der Waals surface area (Å²) >= 11 is 0. The summed E-state index contributed by atoms with van der Waals surface area (Å²) in [5.74, 6) is -2.14. The van der Waals surface area contributed by atoms with Crippen molar-refractivity contribution in [2.75, 3.05) is 0 Å². The van der Waals surface area contributed by atoms with Crippen LogP contribution in [0.5, 0.6) is 0 Å². The van der Waals surface area contributed by atoms with Crippen molar-refractivity contribution < 1.29 is 29.7 Å². The Morgan fingerprint density at radius 3 is 0.800 bits per heavy atom. The first-order valence-electron chi connectivity index (χ1n) is 12.1. The van der Waals surface area contributed by atoms with Gasteiger partial charge in [-0.25, -0.2) is 0 Å². The van der Waals surface area contributed by atoms with E-state index in [0.29, 0.717) is 6.42 Å². The number of carboxylic acid groups (broad SMARTS) is 3. The fourth-order valence-corrected chi connectivity index (χ4v) is 3.20. The number of carboxylic acids is 3. The SMILES string of the molecule is CCCCCCCCCCCCCC(=O)O.O=C(O)CCCCCCCCC(=O)O. The molecule has 0 heterocycles. The number of unbranched alkanes of at least 4 members (excludes halogenated alkanes) is 15. The Kier molecular flexibility index (Phi) is 26.0. The van der Waals surface area contributed by atoms with Crippen LogP contribution in [0.4, 0.5) is 0 Å². The van der Waals surface area contributed by atoms with Crippen molar-refractivity contribution in [1.29, 1.82) is 0 Å². The Balaban J connectivity index is 0. The third-order valence-corrected chi connectivity index (χ3v) is 5.03. The highest BCUT2D eigenvalue weighted by Gasteiger charge is 1.98. The monoisotopic (exact) mass is 430 g/mol. The summed E-state index contributed by atoms with van der Waals surface area (Å²) in [4.78, 5) is 30.5. The molecule has 0 atom stereocenters. The van der Waals surface area contributed by atoms with Crippen LogP contribution in [0, 0.1) is 0 Å². The van der Waals surface area contributed by atoms with Crippen molar-refractivity contribution in [2.45, 2.75) is 135 Å². The van der Waals surface area contributed by atoms with Gasteiger partial charge in [0.05, 0.1) is 0 Å². The predicted octanol–water partition coefficient (Wildman–Crippen LogP) is 7.05. The van der Waals surface area contributed by atoms with Crippen molar-refractivity contribution in [1.82, 2.24) is 0 Å². The Labute approximate surface area is 183 Å². The lowest BCUT2D eigenvalue weighted by molar-refractivity contribution is -0.138. The summed E-state index contributed by atoms with van der Waals surface area (Å²) in [6.45, 7) is 2.25. The molecule has 0 radical (unpaired) electrons. The molecule has 0 unspecified atom stereocenters. The third-order valence-electron chi connectivity index (χ3n) is 5.03. The Morgan fingerprint density at radius 1 is 0.400 bits per heavy atom. The van der Waals surface area contributed by atoms with Crippen LogP contribution in [0.2, 0.25) is 0 Å². The molecule has 0 rings (SSSR count). The van der Waals surface area contributed by atoms with E-state index < -0.39 is 17.9 Å². The van der Waals surface area contributed by atoms with Crippen molar-refractivity contribution in [3.05, 3.63) is 0 Å². The normalized spacial score (nSPS) is 10.3. The van der Waals surface area contributed by atoms with Gasteiger partial charge in [-0.3, -0.25) is 14.4 Å². The van der Waals surface area contributed by atoms with Crippen molar-refractivity contribution >= 4 is 17.9 Å². The number of aliphatic carboxylic acids is 3. The van der Waals surface area contributed by atoms with Gasteiger partial charge >= 0.3 is 17.9 Å². The minimum atomic E-state index is -0.740. The van der Waals surface area contributed by atoms with Crippen LogP contribution in [0.25, 0.3) is 0 Å². The Morgan fingerprint density at radius 2 is 0.600 bits per heavy atom. The summed E-state index contributed by atoms with van der Waals surface area (Å²) in [7, 11) is 0. The van der Waals surface area contributed by atoms with Gasteiger partial charge in [-0.05, 0) is 19.3 Å². The largest absolute Gasteiger partial charge is 0.481 e. The van der Waals surface area contributed by atoms with Gasteiger partial charge in [0, 0.05) is 19.3 Å². The summed E-state index contributed by atoms with van der Waals surface area (Å²) in [5.41, 5.74) is 0. The molecule has 0 aromatic rings. The highest BCUT2D eigenvalue weighted by Crippen LogP contribution is 2.12. The molecule has 6 nitrogen and oxygen atoms in total. The zero-order valence-corrected chi connectivity index (χ0v) is 19.2. The lowest BCUT2D eigenvalue weighted by Crippen LogP contribution is -1.94. The van der Waals surface area contributed by atoms with Crippen LogP contribution in [0.3, 0.4) is 0 Å². The second-order valence-corrected chi connectivity index (χ2v) is 8.09. The first kappa shape index (κ1) is 30.6. The van der Waals surface area contributed by atoms with Crippen LogP contribution >= 0.6 is 0 Å². The van der Waals surface area contributed by atoms with E-state index in [9.17, 15) is 14.4 Å². The minimum absolute atomic E-state index is 0.245. The van der Waals surface area contributed by atoms with E-state index in [0.717, 1.165) is 51.4 Å². The maximum absolute atomic E-state index is 10.3. The first-order valence-corrected chi connectivity index (χ1v) is 12.1. The smallest absolute Gasteiger partial charge is 0.303 e. The van der Waals surface area contributed by atoms with Crippen LogP contribution in [-0.2, 0) is 14.4 Å². The molecule has 0 aromatic heterocycles. The number of carbonyl (C=O) groups is 3. The summed E-state index contributed by atoms with van der Waals surface area (Å²) in [5, 5.41) is 25.2. The van der Waals surface area contributed by atoms with Gasteiger partial charge in [0.1, 0.15) is 0 Å². The van der Waals surface area contributed by atoms with E-state index in [2.05, 4.69) is 6.92 Å². The molecule has 0 aromatic carbocycles. The lowest BCUT2D eigenvalue weighted by Gasteiger charge is -2.01. The Hall–Kier alpha value is -1.59. The zero-order valence-electron chi connectivity index (χ0n) is 19.2. The highest BCUT2D eigenvalue weighted by atomic mass is 16.4. The number of hydrogen-bond acceptors (Lipinski definition) is 3. The fourth-order valence-electron chi connectivity index (χ4n) is 3.20. The standard InChI is InChI=1S/C14H28O2.C10H18O4/c1-2-3-4-5-6-7-8-9-10-11-12-13-14(15)16;11-9(12)7-5-3-1-2-4-6-8-10(13)14/h2-13H2,1H3,(H,15,16);1-8H2,(H,11,12)(H,13,14). The predicted molar refractivity (Wildman–Crippen MR) is 121 cm³/mol. The van der Waals surface area contributed by atoms with Crippen LogP contribution in [0.1, 0.15) is 135 Å². The maximum Gasteiger partial charge on any atom is 0.303 e. The maximum atomic E-state index is 10.3. The molecule has 0 bridgehead atoms. The third kappa shape index (κ3) is 34.0. The van der Waals surface area contributed by atoms with Crippen LogP contribution in [-0.4, -0.2) is 33.2 Å². The van der Waals surface area contributed by atoms with Gasteiger partial charge in [-0.15, -0.1) is 0 Å². The highest BCUT2D eigenvalue weighted by molar-refractivity contribution is 5.67. The van der Waals surface area contributed by atoms with Gasteiger partial charge in [0.25, 0.3) is 0 Å². The van der Waals surface area contributed by atoms with Gasteiger partial charge < -0.3 is 15.3 Å². The first-order chi connectivity index (χ1) is 14.4. The molecule has 0 amide bonds. The molecule has 0 saturated carbocycles. The number of hydrogen-bond donors (Lipinski definition) is 3. The topological polar surface area (TPSA) is 112 Å². The molecule has 0 aliphatic rings. The van der Waals surface area contributed by atoms with Crippen molar-refractivity contribution in [3.63, 3.8) is 0 Å². The van der Waals surface area contributed by atoms with E-state index in [1.807, 2.05) is 0 Å². The number of rotatable bonds is 21. The molecule has 178 valence electrons. The van der Waals surface area contributed by atoms with Gasteiger partial charge in [0.2, 0.25) is 0 Å². The average Bonchev–Trinajstić information content (AvgIpc) is 2.68. The molecule has 3 N–H and O–H groups in total. The molecule has 6 heteroatoms. The van der Waals surface area contributed by atoms with Gasteiger partial charge in [-0.2, -0.15) is 0 Å². The zero-order chi connectivity index (χ0) is 22.9. The second-order valence-electron chi connectivity index (χ2n) is 8.09. The molecule has 0 aliphatic heterocycles. The quantitative estimate of drug-likeness (QED) is 0.168. The molecule has 0 aliphatic carbocycles. The summed E-state index contributed by atoms with van der Waals surface area (Å²) < 4.78 is 0. The lowest BCUT2D eigenvalue weighted by atomic mass is 10.1. The van der Waals surface area contributed by atoms with Crippen molar-refractivity contribution in [3.8, 4) is 0 Å². The molecular weight excluding hydrogens is 384 g/mol. The van der Waals surface area contributed by atoms with E-state index in [1.165, 1.54) is 57.8 Å². The van der Waals surface area contributed by atoms with E-state index in [4.69, 9.17) is 15.3 Å². The van der Waals surface area contributed by atoms with E-state index >= 15 is 0 Å². The van der Waals surface area contributed by atoms with Gasteiger partial charge in [0.15, 0.2) is 0 Å². The molecule has 0 saturated heterocycles. The molecule has 0 fully saturated rings. The fraction of sp³-hybridized carbons (Fsp3) is 0.875.